The van der Waals surface area contributed by atoms with Gasteiger partial charge in [0.25, 0.3) is 5.89 Å². The second-order valence-corrected chi connectivity index (χ2v) is 9.58. The molecule has 1 amide bonds. The molecule has 3 aromatic rings. The Hall–Kier alpha value is -3.31. The highest BCUT2D eigenvalue weighted by Gasteiger charge is 2.32. The van der Waals surface area contributed by atoms with Gasteiger partial charge in [-0.3, -0.25) is 4.79 Å². The Labute approximate surface area is 190 Å². The van der Waals surface area contributed by atoms with Crippen LogP contribution in [0.2, 0.25) is 0 Å². The van der Waals surface area contributed by atoms with E-state index in [1.54, 1.807) is 18.2 Å². The largest absolute Gasteiger partial charge is 0.495 e. The molecule has 0 radical (unpaired) electrons. The van der Waals surface area contributed by atoms with E-state index in [4.69, 9.17) is 9.15 Å². The van der Waals surface area contributed by atoms with Crippen LogP contribution in [0, 0.1) is 5.82 Å². The lowest BCUT2D eigenvalue weighted by Gasteiger charge is -2.29. The number of sulfonamides is 1. The lowest BCUT2D eigenvalue weighted by molar-refractivity contribution is -0.114. The molecule has 0 atom stereocenters. The number of hydrogen-bond acceptors (Lipinski definition) is 7. The number of carbonyl (C=O) groups is 1. The van der Waals surface area contributed by atoms with E-state index in [0.29, 0.717) is 24.5 Å². The Kier molecular flexibility index (Phi) is 6.43. The summed E-state index contributed by atoms with van der Waals surface area (Å²) in [6.07, 6.45) is 0.958. The fraction of sp³-hybridized carbons (Fsp3) is 0.318. The Morgan fingerprint density at radius 2 is 1.91 bits per heavy atom. The predicted molar refractivity (Wildman–Crippen MR) is 118 cm³/mol. The van der Waals surface area contributed by atoms with Gasteiger partial charge >= 0.3 is 0 Å². The van der Waals surface area contributed by atoms with Gasteiger partial charge in [-0.2, -0.15) is 4.31 Å². The van der Waals surface area contributed by atoms with Crippen LogP contribution in [0.25, 0.3) is 11.5 Å². The van der Waals surface area contributed by atoms with Crippen LogP contribution in [-0.2, 0) is 14.8 Å². The highest BCUT2D eigenvalue weighted by atomic mass is 32.2. The summed E-state index contributed by atoms with van der Waals surface area (Å²) in [4.78, 5) is 11.5. The third kappa shape index (κ3) is 4.74. The summed E-state index contributed by atoms with van der Waals surface area (Å²) in [7, 11) is -2.34. The van der Waals surface area contributed by atoms with Gasteiger partial charge in [0, 0.05) is 25.9 Å². The van der Waals surface area contributed by atoms with Gasteiger partial charge in [0.05, 0.1) is 23.3 Å². The zero-order valence-electron chi connectivity index (χ0n) is 18.1. The third-order valence-corrected chi connectivity index (χ3v) is 7.36. The van der Waals surface area contributed by atoms with Crippen molar-refractivity contribution in [3.05, 3.63) is 54.2 Å². The number of hydrogen-bond donors (Lipinski definition) is 1. The predicted octanol–water partition coefficient (Wildman–Crippen LogP) is 3.41. The van der Waals surface area contributed by atoms with E-state index in [1.165, 1.54) is 42.6 Å². The Morgan fingerprint density at radius 1 is 1.18 bits per heavy atom. The summed E-state index contributed by atoms with van der Waals surface area (Å²) in [5, 5.41) is 10.6. The van der Waals surface area contributed by atoms with Crippen molar-refractivity contribution in [1.82, 2.24) is 14.5 Å². The quantitative estimate of drug-likeness (QED) is 0.582. The SMILES string of the molecule is COc1ccc(S(=O)(=O)N2CCC(c3nnc(-c4ccccc4F)o3)CC2)cc1NC(C)=O. The van der Waals surface area contributed by atoms with Crippen LogP contribution in [-0.4, -0.2) is 49.0 Å². The number of amides is 1. The lowest BCUT2D eigenvalue weighted by Crippen LogP contribution is -2.38. The van der Waals surface area contributed by atoms with Crippen molar-refractivity contribution >= 4 is 21.6 Å². The molecule has 0 spiro atoms. The van der Waals surface area contributed by atoms with Crippen LogP contribution in [0.4, 0.5) is 10.1 Å². The highest BCUT2D eigenvalue weighted by molar-refractivity contribution is 7.89. The Morgan fingerprint density at radius 3 is 2.58 bits per heavy atom. The maximum atomic E-state index is 14.0. The molecule has 0 aliphatic carbocycles. The molecule has 2 aromatic carbocycles. The number of nitrogens with zero attached hydrogens (tertiary/aromatic N) is 3. The van der Waals surface area contributed by atoms with Crippen molar-refractivity contribution in [2.24, 2.45) is 0 Å². The van der Waals surface area contributed by atoms with E-state index in [2.05, 4.69) is 15.5 Å². The van der Waals surface area contributed by atoms with Crippen molar-refractivity contribution in [2.45, 2.75) is 30.6 Å². The fourth-order valence-electron chi connectivity index (χ4n) is 3.77. The molecule has 1 N–H and O–H groups in total. The molecule has 174 valence electrons. The molecule has 0 unspecified atom stereocenters. The molecule has 33 heavy (non-hydrogen) atoms. The van der Waals surface area contributed by atoms with Crippen LogP contribution in [0.1, 0.15) is 31.6 Å². The Balaban J connectivity index is 1.48. The maximum absolute atomic E-state index is 14.0. The molecule has 1 fully saturated rings. The van der Waals surface area contributed by atoms with E-state index < -0.39 is 15.8 Å². The van der Waals surface area contributed by atoms with Crippen molar-refractivity contribution in [2.75, 3.05) is 25.5 Å². The number of halogens is 1. The number of nitrogens with one attached hydrogen (secondary N) is 1. The molecule has 1 saturated heterocycles. The maximum Gasteiger partial charge on any atom is 0.250 e. The van der Waals surface area contributed by atoms with Crippen molar-refractivity contribution in [3.8, 4) is 17.2 Å². The molecule has 2 heterocycles. The van der Waals surface area contributed by atoms with Gasteiger partial charge in [-0.1, -0.05) is 12.1 Å². The number of methoxy groups -OCH3 is 1. The van der Waals surface area contributed by atoms with Crippen molar-refractivity contribution < 1.29 is 26.8 Å². The molecule has 9 nitrogen and oxygen atoms in total. The Bertz CT molecular complexity index is 1270. The van der Waals surface area contributed by atoms with Crippen molar-refractivity contribution in [3.63, 3.8) is 0 Å². The summed E-state index contributed by atoms with van der Waals surface area (Å²) in [6, 6.07) is 10.5. The van der Waals surface area contributed by atoms with Crippen LogP contribution in [0.5, 0.6) is 5.75 Å². The first-order valence-electron chi connectivity index (χ1n) is 10.3. The number of rotatable bonds is 6. The second kappa shape index (κ2) is 9.28. The van der Waals surface area contributed by atoms with E-state index in [0.717, 1.165) is 0 Å². The number of aromatic nitrogens is 2. The smallest absolute Gasteiger partial charge is 0.250 e. The molecule has 0 saturated carbocycles. The van der Waals surface area contributed by atoms with Crippen LogP contribution in [0.15, 0.2) is 51.8 Å². The molecule has 4 rings (SSSR count). The van der Waals surface area contributed by atoms with E-state index in [-0.39, 0.29) is 47.0 Å². The normalized spacial score (nSPS) is 15.4. The van der Waals surface area contributed by atoms with Gasteiger partial charge in [-0.25, -0.2) is 12.8 Å². The average Bonchev–Trinajstić information content (AvgIpc) is 3.29. The van der Waals surface area contributed by atoms with Crippen molar-refractivity contribution in [1.29, 1.82) is 0 Å². The monoisotopic (exact) mass is 474 g/mol. The molecule has 1 aromatic heterocycles. The molecule has 1 aliphatic heterocycles. The fourth-order valence-corrected chi connectivity index (χ4v) is 5.27. The second-order valence-electron chi connectivity index (χ2n) is 7.65. The standard InChI is InChI=1S/C22H23FN4O5S/c1-14(28)24-19-13-16(7-8-20(19)31-2)33(29,30)27-11-9-15(10-12-27)21-25-26-22(32-21)17-5-3-4-6-18(17)23/h3-8,13,15H,9-12H2,1-2H3,(H,24,28). The number of piperidine rings is 1. The molecular weight excluding hydrogens is 451 g/mol. The first kappa shape index (κ1) is 22.9. The van der Waals surface area contributed by atoms with E-state index >= 15 is 0 Å². The first-order valence-corrected chi connectivity index (χ1v) is 11.8. The summed E-state index contributed by atoms with van der Waals surface area (Å²) in [5.41, 5.74) is 0.512. The minimum absolute atomic E-state index is 0.0603. The summed E-state index contributed by atoms with van der Waals surface area (Å²) in [6.45, 7) is 1.85. The number of benzene rings is 2. The van der Waals surface area contributed by atoms with Crippen LogP contribution >= 0.6 is 0 Å². The number of carbonyl (C=O) groups excluding carboxylic acids is 1. The van der Waals surface area contributed by atoms with Gasteiger partial charge in [-0.05, 0) is 43.2 Å². The topological polar surface area (TPSA) is 115 Å². The molecule has 0 bridgehead atoms. The minimum Gasteiger partial charge on any atom is -0.495 e. The third-order valence-electron chi connectivity index (χ3n) is 5.47. The number of ether oxygens (including phenoxy) is 1. The van der Waals surface area contributed by atoms with Gasteiger partial charge in [-0.15, -0.1) is 10.2 Å². The number of anilines is 1. The minimum atomic E-state index is -3.78. The molecule has 1 aliphatic rings. The summed E-state index contributed by atoms with van der Waals surface area (Å²) >= 11 is 0. The van der Waals surface area contributed by atoms with Crippen LogP contribution in [0.3, 0.4) is 0 Å². The average molecular weight is 475 g/mol. The zero-order chi connectivity index (χ0) is 23.6. The highest BCUT2D eigenvalue weighted by Crippen LogP contribution is 2.34. The van der Waals surface area contributed by atoms with Crippen LogP contribution < -0.4 is 10.1 Å². The van der Waals surface area contributed by atoms with E-state index in [9.17, 15) is 17.6 Å². The van der Waals surface area contributed by atoms with E-state index in [1.807, 2.05) is 0 Å². The first-order chi connectivity index (χ1) is 15.8. The zero-order valence-corrected chi connectivity index (χ0v) is 18.9. The summed E-state index contributed by atoms with van der Waals surface area (Å²) in [5.74, 6) is -0.0884. The summed E-state index contributed by atoms with van der Waals surface area (Å²) < 4.78 is 52.6. The van der Waals surface area contributed by atoms with Gasteiger partial charge in [0.15, 0.2) is 0 Å². The molecular formula is C22H23FN4O5S. The van der Waals surface area contributed by atoms with Gasteiger partial charge in [0.2, 0.25) is 21.8 Å². The van der Waals surface area contributed by atoms with Gasteiger partial charge in [0.1, 0.15) is 11.6 Å². The van der Waals surface area contributed by atoms with Gasteiger partial charge < -0.3 is 14.5 Å². The molecule has 11 heteroatoms. The lowest BCUT2D eigenvalue weighted by atomic mass is 9.98.